The third-order valence-electron chi connectivity index (χ3n) is 5.12. The molecule has 6 nitrogen and oxygen atoms in total. The predicted molar refractivity (Wildman–Crippen MR) is 112 cm³/mol. The summed E-state index contributed by atoms with van der Waals surface area (Å²) in [4.78, 5) is 27.8. The van der Waals surface area contributed by atoms with Crippen LogP contribution in [0.5, 0.6) is 0 Å². The Morgan fingerprint density at radius 1 is 1.03 bits per heavy atom. The summed E-state index contributed by atoms with van der Waals surface area (Å²) >= 11 is 5.84. The number of hydrogen-bond donors (Lipinski definition) is 2. The van der Waals surface area contributed by atoms with Crippen molar-refractivity contribution in [2.45, 2.75) is 18.4 Å². The lowest BCUT2D eigenvalue weighted by atomic mass is 9.98. The average Bonchev–Trinajstić information content (AvgIpc) is 3.06. The number of benzene rings is 2. The Morgan fingerprint density at radius 3 is 2.23 bits per heavy atom. The molecule has 30 heavy (non-hydrogen) atoms. The van der Waals surface area contributed by atoms with Crippen molar-refractivity contribution in [1.29, 1.82) is 0 Å². The fourth-order valence-electron chi connectivity index (χ4n) is 3.78. The first-order chi connectivity index (χ1) is 14.5. The van der Waals surface area contributed by atoms with E-state index < -0.39 is 18.1 Å². The zero-order valence-corrected chi connectivity index (χ0v) is 16.7. The number of nitrogens with zero attached hydrogens (tertiary/aromatic N) is 1. The van der Waals surface area contributed by atoms with Crippen molar-refractivity contribution in [2.24, 2.45) is 0 Å². The van der Waals surface area contributed by atoms with Gasteiger partial charge < -0.3 is 15.2 Å². The quantitative estimate of drug-likeness (QED) is 0.596. The van der Waals surface area contributed by atoms with E-state index in [2.05, 4.69) is 22.4 Å². The van der Waals surface area contributed by atoms with Crippen molar-refractivity contribution in [1.82, 2.24) is 10.3 Å². The molecule has 2 N–H and O–H groups in total. The SMILES string of the molecule is O=C(O)CC(NC(=O)OCC1c2ccccc2-c2ccccc21)c1ccc(Cl)cn1. The number of amides is 1. The van der Waals surface area contributed by atoms with Crippen molar-refractivity contribution >= 4 is 23.7 Å². The molecular weight excluding hydrogens is 404 g/mol. The van der Waals surface area contributed by atoms with Gasteiger partial charge in [-0.3, -0.25) is 9.78 Å². The number of fused-ring (bicyclic) bond motifs is 3. The number of ether oxygens (including phenoxy) is 1. The lowest BCUT2D eigenvalue weighted by Crippen LogP contribution is -2.32. The first-order valence-corrected chi connectivity index (χ1v) is 9.85. The molecule has 0 fully saturated rings. The number of alkyl carbamates (subject to hydrolysis) is 1. The maximum atomic E-state index is 12.5. The van der Waals surface area contributed by atoms with Gasteiger partial charge in [-0.1, -0.05) is 60.1 Å². The van der Waals surface area contributed by atoms with E-state index in [1.807, 2.05) is 36.4 Å². The van der Waals surface area contributed by atoms with Crippen LogP contribution in [0.3, 0.4) is 0 Å². The third kappa shape index (κ3) is 4.14. The zero-order chi connectivity index (χ0) is 21.1. The van der Waals surface area contributed by atoms with Gasteiger partial charge >= 0.3 is 12.1 Å². The molecule has 1 heterocycles. The van der Waals surface area contributed by atoms with Gasteiger partial charge in [-0.15, -0.1) is 0 Å². The molecular formula is C23H19ClN2O4. The monoisotopic (exact) mass is 422 g/mol. The highest BCUT2D eigenvalue weighted by molar-refractivity contribution is 6.30. The van der Waals surface area contributed by atoms with Crippen LogP contribution in [0.1, 0.15) is 35.2 Å². The van der Waals surface area contributed by atoms with Crippen LogP contribution in [0.25, 0.3) is 11.1 Å². The van der Waals surface area contributed by atoms with Gasteiger partial charge in [0, 0.05) is 12.1 Å². The molecule has 1 unspecified atom stereocenters. The summed E-state index contributed by atoms with van der Waals surface area (Å²) in [5.74, 6) is -1.13. The second-order valence-electron chi connectivity index (χ2n) is 7.02. The lowest BCUT2D eigenvalue weighted by Gasteiger charge is -2.18. The topological polar surface area (TPSA) is 88.5 Å². The van der Waals surface area contributed by atoms with Crippen molar-refractivity contribution in [3.8, 4) is 11.1 Å². The average molecular weight is 423 g/mol. The molecule has 1 aliphatic rings. The van der Waals surface area contributed by atoms with Gasteiger partial charge in [0.25, 0.3) is 0 Å². The minimum Gasteiger partial charge on any atom is -0.481 e. The first-order valence-electron chi connectivity index (χ1n) is 9.47. The fourth-order valence-corrected chi connectivity index (χ4v) is 3.89. The van der Waals surface area contributed by atoms with Gasteiger partial charge in [-0.25, -0.2) is 4.79 Å². The molecule has 1 aliphatic carbocycles. The number of carboxylic acid groups (broad SMARTS) is 1. The number of halogens is 1. The molecule has 4 rings (SSSR count). The van der Waals surface area contributed by atoms with Crippen molar-refractivity contribution in [3.05, 3.63) is 88.7 Å². The van der Waals surface area contributed by atoms with Crippen molar-refractivity contribution in [3.63, 3.8) is 0 Å². The molecule has 0 saturated heterocycles. The molecule has 0 spiro atoms. The normalized spacial score (nSPS) is 13.2. The van der Waals surface area contributed by atoms with E-state index in [1.165, 1.54) is 6.20 Å². The standard InChI is InChI=1S/C23H19ClN2O4/c24-14-9-10-20(25-12-14)21(11-22(27)28)26-23(29)30-13-19-17-7-3-1-5-15(17)16-6-2-4-8-18(16)19/h1-10,12,19,21H,11,13H2,(H,26,29)(H,27,28). The highest BCUT2D eigenvalue weighted by Gasteiger charge is 2.29. The van der Waals surface area contributed by atoms with Crippen LogP contribution in [-0.4, -0.2) is 28.8 Å². The first kappa shape index (κ1) is 19.9. The van der Waals surface area contributed by atoms with E-state index in [0.29, 0.717) is 10.7 Å². The van der Waals surface area contributed by atoms with E-state index in [4.69, 9.17) is 16.3 Å². The Bertz CT molecular complexity index is 1040. The summed E-state index contributed by atoms with van der Waals surface area (Å²) in [6, 6.07) is 18.4. The van der Waals surface area contributed by atoms with Crippen LogP contribution in [0.15, 0.2) is 66.9 Å². The fraction of sp³-hybridized carbons (Fsp3) is 0.174. The van der Waals surface area contributed by atoms with Crippen LogP contribution in [0.4, 0.5) is 4.79 Å². The van der Waals surface area contributed by atoms with Gasteiger partial charge in [0.05, 0.1) is 23.2 Å². The molecule has 7 heteroatoms. The van der Waals surface area contributed by atoms with Crippen molar-refractivity contribution < 1.29 is 19.4 Å². The Balaban J connectivity index is 1.47. The summed E-state index contributed by atoms with van der Waals surface area (Å²) in [6.45, 7) is 0.147. The van der Waals surface area contributed by atoms with Gasteiger partial charge in [0.15, 0.2) is 0 Å². The predicted octanol–water partition coefficient (Wildman–Crippen LogP) is 4.79. The largest absolute Gasteiger partial charge is 0.481 e. The molecule has 2 aromatic carbocycles. The van der Waals surface area contributed by atoms with Gasteiger partial charge in [0.2, 0.25) is 0 Å². The van der Waals surface area contributed by atoms with Gasteiger partial charge in [0.1, 0.15) is 6.61 Å². The van der Waals surface area contributed by atoms with Crippen molar-refractivity contribution in [2.75, 3.05) is 6.61 Å². The minimum absolute atomic E-state index is 0.0743. The van der Waals surface area contributed by atoms with Crippen LogP contribution in [0.2, 0.25) is 5.02 Å². The summed E-state index contributed by atoms with van der Waals surface area (Å²) in [5, 5.41) is 12.2. The number of carbonyl (C=O) groups excluding carboxylic acids is 1. The molecule has 0 saturated carbocycles. The highest BCUT2D eigenvalue weighted by Crippen LogP contribution is 2.44. The molecule has 152 valence electrons. The Hall–Kier alpha value is -3.38. The maximum absolute atomic E-state index is 12.5. The van der Waals surface area contributed by atoms with Gasteiger partial charge in [-0.2, -0.15) is 0 Å². The molecule has 1 aromatic heterocycles. The Morgan fingerprint density at radius 2 is 1.67 bits per heavy atom. The molecule has 3 aromatic rings. The molecule has 0 radical (unpaired) electrons. The summed E-state index contributed by atoms with van der Waals surface area (Å²) in [7, 11) is 0. The van der Waals surface area contributed by atoms with E-state index in [1.54, 1.807) is 12.1 Å². The summed E-state index contributed by atoms with van der Waals surface area (Å²) in [6.07, 6.45) is 0.393. The highest BCUT2D eigenvalue weighted by atomic mass is 35.5. The van der Waals surface area contributed by atoms with Crippen LogP contribution in [-0.2, 0) is 9.53 Å². The van der Waals surface area contributed by atoms with Gasteiger partial charge in [-0.05, 0) is 34.4 Å². The Labute approximate surface area is 178 Å². The smallest absolute Gasteiger partial charge is 0.407 e. The summed E-state index contributed by atoms with van der Waals surface area (Å²) < 4.78 is 5.50. The van der Waals surface area contributed by atoms with Crippen LogP contribution < -0.4 is 5.32 Å². The number of carbonyl (C=O) groups is 2. The second-order valence-corrected chi connectivity index (χ2v) is 7.46. The molecule has 0 bridgehead atoms. The zero-order valence-electron chi connectivity index (χ0n) is 15.9. The van der Waals surface area contributed by atoms with E-state index in [9.17, 15) is 14.7 Å². The number of aliphatic carboxylic acids is 1. The second kappa shape index (κ2) is 8.55. The van der Waals surface area contributed by atoms with Crippen LogP contribution in [0, 0.1) is 0 Å². The van der Waals surface area contributed by atoms with E-state index >= 15 is 0 Å². The number of carboxylic acids is 1. The molecule has 0 aliphatic heterocycles. The minimum atomic E-state index is -1.06. The number of hydrogen-bond acceptors (Lipinski definition) is 4. The Kier molecular flexibility index (Phi) is 5.68. The maximum Gasteiger partial charge on any atom is 0.407 e. The summed E-state index contributed by atoms with van der Waals surface area (Å²) in [5.41, 5.74) is 4.88. The van der Waals surface area contributed by atoms with Crippen LogP contribution >= 0.6 is 11.6 Å². The third-order valence-corrected chi connectivity index (χ3v) is 5.35. The molecule has 1 atom stereocenters. The van der Waals surface area contributed by atoms with E-state index in [-0.39, 0.29) is 18.9 Å². The van der Waals surface area contributed by atoms with E-state index in [0.717, 1.165) is 22.3 Å². The number of pyridine rings is 1. The number of rotatable bonds is 6. The number of aromatic nitrogens is 1. The molecule has 1 amide bonds. The lowest BCUT2D eigenvalue weighted by molar-refractivity contribution is -0.137. The number of nitrogens with one attached hydrogen (secondary N) is 1.